The van der Waals surface area contributed by atoms with Crippen LogP contribution in [0.4, 0.5) is 0 Å². The molecular formula is C27H22N2S2. The molecule has 0 saturated heterocycles. The Kier molecular flexibility index (Phi) is 7.85. The number of thiophene rings is 2. The maximum Gasteiger partial charge on any atom is 0.0865 e. The summed E-state index contributed by atoms with van der Waals surface area (Å²) < 4.78 is 0. The predicted octanol–water partition coefficient (Wildman–Crippen LogP) is 6.69. The highest BCUT2D eigenvalue weighted by Crippen LogP contribution is 2.20. The van der Waals surface area contributed by atoms with Gasteiger partial charge < -0.3 is 5.73 Å². The van der Waals surface area contributed by atoms with Crippen LogP contribution in [0, 0.1) is 24.2 Å². The molecule has 0 amide bonds. The predicted molar refractivity (Wildman–Crippen MR) is 137 cm³/mol. The number of aromatic nitrogens is 1. The first-order chi connectivity index (χ1) is 15.1. The van der Waals surface area contributed by atoms with E-state index in [4.69, 9.17) is 12.2 Å². The molecule has 3 rings (SSSR count). The van der Waals surface area contributed by atoms with Crippen LogP contribution in [0.25, 0.3) is 23.9 Å². The van der Waals surface area contributed by atoms with Gasteiger partial charge in [-0.1, -0.05) is 30.1 Å². The lowest BCUT2D eigenvalue weighted by Crippen LogP contribution is -1.99. The summed E-state index contributed by atoms with van der Waals surface area (Å²) in [5.41, 5.74) is 9.73. The summed E-state index contributed by atoms with van der Waals surface area (Å²) in [5, 5.41) is 0. The van der Waals surface area contributed by atoms with Gasteiger partial charge in [0.1, 0.15) is 0 Å². The minimum Gasteiger partial charge on any atom is -0.397 e. The molecule has 0 spiro atoms. The maximum absolute atomic E-state index is 6.35. The third-order valence-electron chi connectivity index (χ3n) is 4.26. The van der Waals surface area contributed by atoms with Crippen LogP contribution >= 0.6 is 22.7 Å². The number of hydrogen-bond acceptors (Lipinski definition) is 4. The Bertz CT molecular complexity index is 1280. The van der Waals surface area contributed by atoms with Crippen LogP contribution in [0.2, 0.25) is 0 Å². The van der Waals surface area contributed by atoms with Gasteiger partial charge in [-0.25, -0.2) is 0 Å². The molecule has 2 nitrogen and oxygen atoms in total. The Morgan fingerprint density at radius 3 is 2.48 bits per heavy atom. The lowest BCUT2D eigenvalue weighted by atomic mass is 10.1. The lowest BCUT2D eigenvalue weighted by Gasteiger charge is -2.03. The number of rotatable bonds is 6. The zero-order valence-electron chi connectivity index (χ0n) is 17.4. The minimum atomic E-state index is 0.613. The van der Waals surface area contributed by atoms with Gasteiger partial charge in [0.25, 0.3) is 0 Å². The van der Waals surface area contributed by atoms with E-state index in [0.29, 0.717) is 5.70 Å². The monoisotopic (exact) mass is 438 g/mol. The minimum absolute atomic E-state index is 0.613. The molecule has 0 aromatic carbocycles. The van der Waals surface area contributed by atoms with Crippen molar-refractivity contribution in [3.63, 3.8) is 0 Å². The van der Waals surface area contributed by atoms with Crippen molar-refractivity contribution in [3.05, 3.63) is 97.2 Å². The van der Waals surface area contributed by atoms with Crippen LogP contribution in [0.5, 0.6) is 0 Å². The molecule has 0 radical (unpaired) electrons. The molecule has 0 unspecified atom stereocenters. The van der Waals surface area contributed by atoms with E-state index in [0.717, 1.165) is 36.3 Å². The molecule has 2 N–H and O–H groups in total. The second-order valence-electron chi connectivity index (χ2n) is 6.45. The number of terminal acetylenes is 1. The Morgan fingerprint density at radius 2 is 1.77 bits per heavy atom. The van der Waals surface area contributed by atoms with E-state index < -0.39 is 0 Å². The molecule has 0 atom stereocenters. The number of nitrogens with zero attached hydrogens (tertiary/aromatic N) is 1. The molecule has 0 bridgehead atoms. The second kappa shape index (κ2) is 11.0. The van der Waals surface area contributed by atoms with Gasteiger partial charge in [0, 0.05) is 16.0 Å². The summed E-state index contributed by atoms with van der Waals surface area (Å²) in [6.07, 6.45) is 19.4. The largest absolute Gasteiger partial charge is 0.397 e. The van der Waals surface area contributed by atoms with E-state index in [9.17, 15) is 0 Å². The molecule has 3 aromatic heterocycles. The molecule has 152 valence electrons. The Labute approximate surface area is 192 Å². The smallest absolute Gasteiger partial charge is 0.0865 e. The Morgan fingerprint density at radius 1 is 1.03 bits per heavy atom. The van der Waals surface area contributed by atoms with Gasteiger partial charge in [-0.05, 0) is 79.6 Å². The average Bonchev–Trinajstić information content (AvgIpc) is 3.44. The molecule has 3 aromatic rings. The molecule has 0 fully saturated rings. The van der Waals surface area contributed by atoms with Crippen molar-refractivity contribution in [1.29, 1.82) is 0 Å². The summed E-state index contributed by atoms with van der Waals surface area (Å²) in [6, 6.07) is 12.0. The van der Waals surface area contributed by atoms with Crippen molar-refractivity contribution >= 4 is 46.6 Å². The molecule has 0 aliphatic carbocycles. The van der Waals surface area contributed by atoms with Gasteiger partial charge in [-0.3, -0.25) is 4.98 Å². The molecule has 4 heteroatoms. The molecule has 0 aliphatic heterocycles. The first kappa shape index (κ1) is 22.1. The molecular weight excluding hydrogens is 416 g/mol. The summed E-state index contributed by atoms with van der Waals surface area (Å²) in [5.74, 6) is 8.66. The zero-order valence-corrected chi connectivity index (χ0v) is 19.1. The van der Waals surface area contributed by atoms with Gasteiger partial charge in [-0.2, -0.15) is 0 Å². The summed E-state index contributed by atoms with van der Waals surface area (Å²) in [4.78, 5) is 8.67. The van der Waals surface area contributed by atoms with Crippen molar-refractivity contribution in [2.75, 3.05) is 0 Å². The third kappa shape index (κ3) is 6.46. The van der Waals surface area contributed by atoms with Crippen molar-refractivity contribution in [1.82, 2.24) is 4.98 Å². The van der Waals surface area contributed by atoms with Crippen LogP contribution in [0.15, 0.2) is 66.4 Å². The average molecular weight is 439 g/mol. The van der Waals surface area contributed by atoms with E-state index in [1.165, 1.54) is 0 Å². The SMILES string of the molecule is C#Cc1ccc(/C=C/c2ccnc(/C(N)=C/C(=C\C)/C=C/c3ccc(C#CC)s3)c2)s1. The highest BCUT2D eigenvalue weighted by atomic mass is 32.1. The van der Waals surface area contributed by atoms with Crippen molar-refractivity contribution in [3.8, 4) is 24.2 Å². The number of pyridine rings is 1. The van der Waals surface area contributed by atoms with E-state index in [1.807, 2.05) is 74.6 Å². The van der Waals surface area contributed by atoms with Crippen molar-refractivity contribution in [2.45, 2.75) is 13.8 Å². The summed E-state index contributed by atoms with van der Waals surface area (Å²) >= 11 is 3.25. The van der Waals surface area contributed by atoms with Gasteiger partial charge >= 0.3 is 0 Å². The maximum atomic E-state index is 6.35. The Balaban J connectivity index is 1.74. The first-order valence-corrected chi connectivity index (χ1v) is 11.3. The number of nitrogens with two attached hydrogens (primary N) is 1. The normalized spacial score (nSPS) is 12.2. The molecule has 0 aliphatic rings. The standard InChI is InChI=1S/C27H22N2S2/c1-4-7-23-14-15-25(31-23)10-8-20(5-2)18-26(28)27-19-21(16-17-29-27)9-11-24-13-12-22(6-3)30-24/h3,5,8-19H,28H2,1-2H3/b10-8+,11-9+,20-5-,26-18-. The van der Waals surface area contributed by atoms with Gasteiger partial charge in [0.2, 0.25) is 0 Å². The van der Waals surface area contributed by atoms with E-state index in [2.05, 4.69) is 34.9 Å². The van der Waals surface area contributed by atoms with Crippen molar-refractivity contribution in [2.24, 2.45) is 5.73 Å². The Hall–Kier alpha value is -3.57. The van der Waals surface area contributed by atoms with E-state index >= 15 is 0 Å². The second-order valence-corrected chi connectivity index (χ2v) is 8.68. The zero-order chi connectivity index (χ0) is 22.1. The number of hydrogen-bond donors (Lipinski definition) is 1. The first-order valence-electron chi connectivity index (χ1n) is 9.66. The highest BCUT2D eigenvalue weighted by Gasteiger charge is 2.01. The van der Waals surface area contributed by atoms with Gasteiger partial charge in [0.15, 0.2) is 0 Å². The summed E-state index contributed by atoms with van der Waals surface area (Å²) in [6.45, 7) is 3.83. The fraction of sp³-hybridized carbons (Fsp3) is 0.0741. The quantitative estimate of drug-likeness (QED) is 0.344. The third-order valence-corrected chi connectivity index (χ3v) is 6.21. The molecule has 0 saturated carbocycles. The van der Waals surface area contributed by atoms with Crippen LogP contribution in [-0.4, -0.2) is 4.98 Å². The topological polar surface area (TPSA) is 38.9 Å². The highest BCUT2D eigenvalue weighted by molar-refractivity contribution is 7.13. The fourth-order valence-electron chi connectivity index (χ4n) is 2.70. The van der Waals surface area contributed by atoms with E-state index in [-0.39, 0.29) is 0 Å². The summed E-state index contributed by atoms with van der Waals surface area (Å²) in [7, 11) is 0. The van der Waals surface area contributed by atoms with Crippen LogP contribution in [-0.2, 0) is 0 Å². The van der Waals surface area contributed by atoms with Crippen LogP contribution < -0.4 is 5.73 Å². The van der Waals surface area contributed by atoms with E-state index in [1.54, 1.807) is 28.9 Å². The van der Waals surface area contributed by atoms with Crippen molar-refractivity contribution < 1.29 is 0 Å². The fourth-order valence-corrected chi connectivity index (χ4v) is 4.24. The van der Waals surface area contributed by atoms with Gasteiger partial charge in [0.05, 0.1) is 21.1 Å². The van der Waals surface area contributed by atoms with Gasteiger partial charge in [-0.15, -0.1) is 35.0 Å². The molecule has 31 heavy (non-hydrogen) atoms. The van der Waals surface area contributed by atoms with Crippen LogP contribution in [0.1, 0.15) is 44.6 Å². The van der Waals surface area contributed by atoms with Crippen LogP contribution in [0.3, 0.4) is 0 Å². The molecule has 3 heterocycles. The lowest BCUT2D eigenvalue weighted by molar-refractivity contribution is 1.25. The number of allylic oxidation sites excluding steroid dienone is 4.